The zero-order valence-corrected chi connectivity index (χ0v) is 19.1. The predicted octanol–water partition coefficient (Wildman–Crippen LogP) is 4.08. The van der Waals surface area contributed by atoms with Crippen molar-refractivity contribution in [2.75, 3.05) is 7.11 Å². The quantitative estimate of drug-likeness (QED) is 0.475. The van der Waals surface area contributed by atoms with E-state index in [1.54, 1.807) is 7.11 Å². The van der Waals surface area contributed by atoms with Crippen LogP contribution in [0.4, 0.5) is 0 Å². The van der Waals surface area contributed by atoms with Gasteiger partial charge in [0.1, 0.15) is 25.1 Å². The van der Waals surface area contributed by atoms with Crippen LogP contribution in [0.1, 0.15) is 17.4 Å². The van der Waals surface area contributed by atoms with Crippen molar-refractivity contribution < 1.29 is 9.84 Å². The number of fused-ring (bicyclic) bond motifs is 1. The third-order valence-electron chi connectivity index (χ3n) is 4.95. The van der Waals surface area contributed by atoms with Gasteiger partial charge in [-0.05, 0) is 12.1 Å². The normalized spacial score (nSPS) is 12.9. The number of aromatic nitrogens is 4. The molecule has 3 heterocycles. The summed E-state index contributed by atoms with van der Waals surface area (Å²) in [6.45, 7) is 6.73. The van der Waals surface area contributed by atoms with Gasteiger partial charge in [0.15, 0.2) is 0 Å². The molecule has 0 saturated carbocycles. The van der Waals surface area contributed by atoms with Crippen molar-refractivity contribution in [2.24, 2.45) is 0 Å². The zero-order chi connectivity index (χ0) is 21.5. The van der Waals surface area contributed by atoms with Crippen LogP contribution in [0.25, 0.3) is 16.8 Å². The Morgan fingerprint density at radius 3 is 2.43 bits per heavy atom. The molecule has 1 unspecified atom stereocenters. The van der Waals surface area contributed by atoms with Gasteiger partial charge in [-0.3, -0.25) is 4.98 Å². The van der Waals surface area contributed by atoms with E-state index < -0.39 is 14.2 Å². The molecule has 8 heteroatoms. The van der Waals surface area contributed by atoms with Crippen molar-refractivity contribution >= 4 is 30.5 Å². The lowest BCUT2D eigenvalue weighted by molar-refractivity contribution is 0.217. The van der Waals surface area contributed by atoms with E-state index in [0.29, 0.717) is 17.0 Å². The molecular weight excluding hydrogens is 416 g/mol. The van der Waals surface area contributed by atoms with Crippen LogP contribution in [0, 0.1) is 0 Å². The average molecular weight is 439 g/mol. The monoisotopic (exact) mass is 438 g/mol. The third-order valence-corrected chi connectivity index (χ3v) is 7.01. The molecule has 154 valence electrons. The molecule has 0 aliphatic rings. The standard InChI is InChI=1S/C22H23ClN4O2Si/c1-29-17-11-10-16-19(21(28)15-12-24-13-18(23)25-15)20(14-8-6-5-7-9-14)26-27(16)22(17)30(2,3)4/h5-13,21,28H,1-4H3. The number of methoxy groups -OCH3 is 1. The van der Waals surface area contributed by atoms with Crippen LogP contribution >= 0.6 is 11.6 Å². The molecule has 0 saturated heterocycles. The first-order valence-electron chi connectivity index (χ1n) is 9.62. The molecule has 0 bridgehead atoms. The highest BCUT2D eigenvalue weighted by Gasteiger charge is 2.30. The van der Waals surface area contributed by atoms with Gasteiger partial charge in [0.2, 0.25) is 0 Å². The Morgan fingerprint density at radius 1 is 1.07 bits per heavy atom. The average Bonchev–Trinajstić information content (AvgIpc) is 3.11. The van der Waals surface area contributed by atoms with Crippen molar-refractivity contribution in [1.29, 1.82) is 0 Å². The molecule has 1 atom stereocenters. The fraction of sp³-hybridized carbons (Fsp3) is 0.227. The summed E-state index contributed by atoms with van der Waals surface area (Å²) in [6.07, 6.45) is 1.93. The summed E-state index contributed by atoms with van der Waals surface area (Å²) in [6, 6.07) is 13.7. The van der Waals surface area contributed by atoms with E-state index in [-0.39, 0.29) is 5.15 Å². The molecule has 0 aliphatic carbocycles. The zero-order valence-electron chi connectivity index (χ0n) is 17.3. The predicted molar refractivity (Wildman–Crippen MR) is 121 cm³/mol. The molecule has 4 rings (SSSR count). The van der Waals surface area contributed by atoms with Gasteiger partial charge < -0.3 is 9.84 Å². The Balaban J connectivity index is 2.07. The second kappa shape index (κ2) is 7.83. The molecule has 1 N–H and O–H groups in total. The summed E-state index contributed by atoms with van der Waals surface area (Å²) in [7, 11) is -0.182. The largest absolute Gasteiger partial charge is 0.495 e. The van der Waals surface area contributed by atoms with Gasteiger partial charge in [-0.15, -0.1) is 0 Å². The Morgan fingerprint density at radius 2 is 1.80 bits per heavy atom. The second-order valence-electron chi connectivity index (χ2n) is 8.09. The van der Waals surface area contributed by atoms with Crippen LogP contribution in [-0.2, 0) is 0 Å². The number of ether oxygens (including phenoxy) is 1. The van der Waals surface area contributed by atoms with Crippen LogP contribution < -0.4 is 10.1 Å². The molecule has 0 radical (unpaired) electrons. The van der Waals surface area contributed by atoms with E-state index in [1.165, 1.54) is 12.4 Å². The number of benzene rings is 1. The summed E-state index contributed by atoms with van der Waals surface area (Å²) >= 11 is 6.03. The molecule has 1 aromatic carbocycles. The van der Waals surface area contributed by atoms with Gasteiger partial charge in [-0.25, -0.2) is 9.50 Å². The van der Waals surface area contributed by atoms with Gasteiger partial charge >= 0.3 is 0 Å². The second-order valence-corrected chi connectivity index (χ2v) is 13.5. The number of nitrogens with zero attached hydrogens (tertiary/aromatic N) is 4. The minimum Gasteiger partial charge on any atom is -0.495 e. The number of hydrogen-bond donors (Lipinski definition) is 1. The van der Waals surface area contributed by atoms with Crippen molar-refractivity contribution in [1.82, 2.24) is 19.6 Å². The van der Waals surface area contributed by atoms with Gasteiger partial charge in [-0.2, -0.15) is 5.10 Å². The third kappa shape index (κ3) is 3.60. The molecule has 30 heavy (non-hydrogen) atoms. The summed E-state index contributed by atoms with van der Waals surface area (Å²) in [5.74, 6) is 0.798. The van der Waals surface area contributed by atoms with Crippen LogP contribution in [0.15, 0.2) is 54.9 Å². The first kappa shape index (κ1) is 20.5. The lowest BCUT2D eigenvalue weighted by Gasteiger charge is -2.21. The smallest absolute Gasteiger partial charge is 0.147 e. The Hall–Kier alpha value is -2.74. The summed E-state index contributed by atoms with van der Waals surface area (Å²) in [5.41, 5.74) is 3.45. The molecule has 4 aromatic rings. The summed E-state index contributed by atoms with van der Waals surface area (Å²) < 4.78 is 7.59. The Labute approximate surface area is 181 Å². The van der Waals surface area contributed by atoms with E-state index in [2.05, 4.69) is 29.6 Å². The highest BCUT2D eigenvalue weighted by Crippen LogP contribution is 2.35. The highest BCUT2D eigenvalue weighted by atomic mass is 35.5. The number of rotatable bonds is 5. The van der Waals surface area contributed by atoms with Crippen molar-refractivity contribution in [2.45, 2.75) is 25.7 Å². The van der Waals surface area contributed by atoms with Gasteiger partial charge in [0.05, 0.1) is 41.7 Å². The molecule has 0 fully saturated rings. The highest BCUT2D eigenvalue weighted by molar-refractivity contribution is 6.88. The Kier molecular flexibility index (Phi) is 5.36. The van der Waals surface area contributed by atoms with Gasteiger partial charge in [0, 0.05) is 11.1 Å². The maximum Gasteiger partial charge on any atom is 0.147 e. The maximum absolute atomic E-state index is 11.3. The van der Waals surface area contributed by atoms with Crippen LogP contribution in [-0.4, -0.2) is 39.9 Å². The first-order chi connectivity index (χ1) is 14.3. The van der Waals surface area contributed by atoms with Crippen molar-refractivity contribution in [3.8, 4) is 17.0 Å². The minimum atomic E-state index is -1.85. The fourth-order valence-corrected chi connectivity index (χ4v) is 5.56. The van der Waals surface area contributed by atoms with E-state index in [4.69, 9.17) is 21.4 Å². The van der Waals surface area contributed by atoms with Gasteiger partial charge in [-0.1, -0.05) is 61.6 Å². The molecule has 0 spiro atoms. The lowest BCUT2D eigenvalue weighted by atomic mass is 10.0. The number of halogens is 1. The summed E-state index contributed by atoms with van der Waals surface area (Å²) in [4.78, 5) is 8.36. The molecule has 0 aliphatic heterocycles. The molecule has 3 aromatic heterocycles. The van der Waals surface area contributed by atoms with E-state index in [1.807, 2.05) is 47.0 Å². The summed E-state index contributed by atoms with van der Waals surface area (Å²) in [5, 5.41) is 17.6. The number of pyridine rings is 1. The molecule has 0 amide bonds. The minimum absolute atomic E-state index is 0.230. The molecular formula is C22H23ClN4O2Si. The van der Waals surface area contributed by atoms with Gasteiger partial charge in [0.25, 0.3) is 0 Å². The van der Waals surface area contributed by atoms with Crippen LogP contribution in [0.3, 0.4) is 0 Å². The van der Waals surface area contributed by atoms with Crippen molar-refractivity contribution in [3.05, 3.63) is 71.3 Å². The van der Waals surface area contributed by atoms with Crippen LogP contribution in [0.5, 0.6) is 5.75 Å². The van der Waals surface area contributed by atoms with Crippen LogP contribution in [0.2, 0.25) is 24.8 Å². The number of hydrogen-bond acceptors (Lipinski definition) is 5. The number of aliphatic hydroxyl groups excluding tert-OH is 1. The topological polar surface area (TPSA) is 72.5 Å². The fourth-order valence-electron chi connectivity index (χ4n) is 3.68. The lowest BCUT2D eigenvalue weighted by Crippen LogP contribution is -2.43. The first-order valence-corrected chi connectivity index (χ1v) is 13.5. The Bertz CT molecular complexity index is 1210. The van der Waals surface area contributed by atoms with E-state index >= 15 is 0 Å². The molecule has 6 nitrogen and oxygen atoms in total. The van der Waals surface area contributed by atoms with Crippen molar-refractivity contribution in [3.63, 3.8) is 0 Å². The van der Waals surface area contributed by atoms with E-state index in [0.717, 1.165) is 22.1 Å². The SMILES string of the molecule is COc1ccc2c(C(O)c3cncc(Cl)n3)c(-c3ccccc3)nn2c1[Si](C)(C)C. The number of aliphatic hydroxyl groups is 1. The maximum atomic E-state index is 11.3. The van der Waals surface area contributed by atoms with E-state index in [9.17, 15) is 5.11 Å².